The number of aromatic nitrogens is 1. The number of carbonyl (C=O) groups excluding carboxylic acids is 1. The predicted molar refractivity (Wildman–Crippen MR) is 92.1 cm³/mol. The molecule has 2 aromatic rings. The van der Waals surface area contributed by atoms with Crippen molar-refractivity contribution in [3.63, 3.8) is 0 Å². The lowest BCUT2D eigenvalue weighted by molar-refractivity contribution is 0.0695. The summed E-state index contributed by atoms with van der Waals surface area (Å²) >= 11 is 6.33. The number of nitrogens with zero attached hydrogens (tertiary/aromatic N) is 2. The van der Waals surface area contributed by atoms with Crippen molar-refractivity contribution in [3.05, 3.63) is 57.9 Å². The van der Waals surface area contributed by atoms with Gasteiger partial charge in [0, 0.05) is 28.2 Å². The van der Waals surface area contributed by atoms with E-state index in [0.29, 0.717) is 17.3 Å². The van der Waals surface area contributed by atoms with Crippen LogP contribution in [0.3, 0.4) is 0 Å². The summed E-state index contributed by atoms with van der Waals surface area (Å²) in [6.45, 7) is 6.15. The van der Waals surface area contributed by atoms with Gasteiger partial charge in [-0.05, 0) is 31.2 Å². The number of carboxylic acids is 1. The smallest absolute Gasteiger partial charge is 0.337 e. The molecule has 124 valence electrons. The minimum absolute atomic E-state index is 0.0942. The lowest BCUT2D eigenvalue weighted by Gasteiger charge is -2.21. The summed E-state index contributed by atoms with van der Waals surface area (Å²) in [6.07, 6.45) is 0. The summed E-state index contributed by atoms with van der Waals surface area (Å²) < 4.78 is 0. The van der Waals surface area contributed by atoms with E-state index >= 15 is 0 Å². The second kappa shape index (κ2) is 5.60. The number of hydrogen-bond donors (Lipinski definition) is 1. The van der Waals surface area contributed by atoms with Gasteiger partial charge in [0.25, 0.3) is 5.91 Å². The molecule has 1 aromatic heterocycles. The van der Waals surface area contributed by atoms with Gasteiger partial charge in [-0.1, -0.05) is 31.5 Å². The summed E-state index contributed by atoms with van der Waals surface area (Å²) in [5.41, 5.74) is 2.09. The highest BCUT2D eigenvalue weighted by atomic mass is 35.5. The molecule has 0 aliphatic carbocycles. The second-order valence-corrected chi connectivity index (χ2v) is 6.95. The molecule has 0 bridgehead atoms. The van der Waals surface area contributed by atoms with Crippen LogP contribution in [-0.2, 0) is 5.41 Å². The molecule has 0 saturated heterocycles. The quantitative estimate of drug-likeness (QED) is 0.902. The summed E-state index contributed by atoms with van der Waals surface area (Å²) in [5, 5.41) is 9.72. The Morgan fingerprint density at radius 3 is 2.58 bits per heavy atom. The molecule has 0 saturated carbocycles. The van der Waals surface area contributed by atoms with Crippen LogP contribution < -0.4 is 4.90 Å². The Kier molecular flexibility index (Phi) is 3.84. The lowest BCUT2D eigenvalue weighted by atomic mass is 9.87. The number of benzene rings is 1. The number of fused-ring (bicyclic) bond motifs is 1. The fraction of sp³-hybridized carbons (Fsp3) is 0.278. The molecule has 24 heavy (non-hydrogen) atoms. The fourth-order valence-corrected chi connectivity index (χ4v) is 3.62. The third kappa shape index (κ3) is 2.55. The molecule has 3 rings (SSSR count). The van der Waals surface area contributed by atoms with Crippen molar-refractivity contribution < 1.29 is 14.7 Å². The van der Waals surface area contributed by atoms with E-state index in [2.05, 4.69) is 4.98 Å². The number of anilines is 1. The molecule has 0 fully saturated rings. The zero-order valence-electron chi connectivity index (χ0n) is 13.6. The number of carboxylic acid groups (broad SMARTS) is 1. The number of rotatable bonds is 2. The van der Waals surface area contributed by atoms with E-state index in [1.165, 1.54) is 12.1 Å². The maximum absolute atomic E-state index is 12.9. The van der Waals surface area contributed by atoms with E-state index in [0.717, 1.165) is 11.3 Å². The molecule has 1 N–H and O–H groups in total. The van der Waals surface area contributed by atoms with Crippen LogP contribution in [0.15, 0.2) is 30.3 Å². The summed E-state index contributed by atoms with van der Waals surface area (Å²) in [5.74, 6) is -1.32. The van der Waals surface area contributed by atoms with Gasteiger partial charge < -0.3 is 10.0 Å². The molecule has 1 aliphatic rings. The minimum atomic E-state index is -1.06. The largest absolute Gasteiger partial charge is 0.478 e. The van der Waals surface area contributed by atoms with Gasteiger partial charge in [0.1, 0.15) is 5.69 Å². The third-order valence-corrected chi connectivity index (χ3v) is 4.61. The monoisotopic (exact) mass is 344 g/mol. The van der Waals surface area contributed by atoms with Crippen molar-refractivity contribution in [3.8, 4) is 0 Å². The van der Waals surface area contributed by atoms with Crippen molar-refractivity contribution in [2.24, 2.45) is 0 Å². The van der Waals surface area contributed by atoms with Crippen LogP contribution in [0.1, 0.15) is 46.0 Å². The molecule has 0 unspecified atom stereocenters. The highest BCUT2D eigenvalue weighted by molar-refractivity contribution is 6.32. The number of pyridine rings is 1. The maximum Gasteiger partial charge on any atom is 0.337 e. The van der Waals surface area contributed by atoms with Crippen molar-refractivity contribution in [2.75, 3.05) is 11.4 Å². The molecule has 1 amide bonds. The van der Waals surface area contributed by atoms with Crippen molar-refractivity contribution >= 4 is 29.2 Å². The number of hydrogen-bond acceptors (Lipinski definition) is 3. The zero-order valence-corrected chi connectivity index (χ0v) is 14.4. The van der Waals surface area contributed by atoms with Gasteiger partial charge >= 0.3 is 5.97 Å². The number of amides is 1. The van der Waals surface area contributed by atoms with Gasteiger partial charge in [0.05, 0.1) is 11.3 Å². The summed E-state index contributed by atoms with van der Waals surface area (Å²) in [6, 6.07) is 8.37. The molecule has 0 spiro atoms. The highest BCUT2D eigenvalue weighted by Crippen LogP contribution is 2.44. The van der Waals surface area contributed by atoms with Crippen molar-refractivity contribution in [2.45, 2.75) is 26.2 Å². The number of halogens is 1. The maximum atomic E-state index is 12.9. The Balaban J connectivity index is 2.03. The fourth-order valence-electron chi connectivity index (χ4n) is 3.19. The molecule has 5 nitrogen and oxygen atoms in total. The molecule has 2 heterocycles. The Morgan fingerprint density at radius 2 is 1.96 bits per heavy atom. The van der Waals surface area contributed by atoms with Gasteiger partial charge in [0.15, 0.2) is 0 Å². The SMILES string of the molecule is Cc1nc(C(=O)N2CC(C)(C)c3c(Cl)cccc32)ccc1C(=O)O. The Labute approximate surface area is 144 Å². The minimum Gasteiger partial charge on any atom is -0.478 e. The van der Waals surface area contributed by atoms with Gasteiger partial charge in [-0.15, -0.1) is 0 Å². The van der Waals surface area contributed by atoms with Gasteiger partial charge in [-0.25, -0.2) is 9.78 Å². The first-order chi connectivity index (χ1) is 11.2. The van der Waals surface area contributed by atoms with Crippen molar-refractivity contribution in [1.82, 2.24) is 4.98 Å². The van der Waals surface area contributed by atoms with E-state index in [4.69, 9.17) is 16.7 Å². The number of aryl methyl sites for hydroxylation is 1. The molecular weight excluding hydrogens is 328 g/mol. The predicted octanol–water partition coefficient (Wildman–Crippen LogP) is 3.68. The Hall–Kier alpha value is -2.40. The molecule has 6 heteroatoms. The third-order valence-electron chi connectivity index (χ3n) is 4.29. The van der Waals surface area contributed by atoms with E-state index in [1.54, 1.807) is 11.8 Å². The first-order valence-electron chi connectivity index (χ1n) is 7.54. The second-order valence-electron chi connectivity index (χ2n) is 6.54. The lowest BCUT2D eigenvalue weighted by Crippen LogP contribution is -2.34. The molecule has 0 radical (unpaired) electrons. The average molecular weight is 345 g/mol. The normalized spacial score (nSPS) is 15.2. The van der Waals surface area contributed by atoms with Gasteiger partial charge in [-0.3, -0.25) is 4.79 Å². The Bertz CT molecular complexity index is 861. The van der Waals surface area contributed by atoms with Crippen LogP contribution in [-0.4, -0.2) is 28.5 Å². The molecule has 1 aromatic carbocycles. The molecule has 0 atom stereocenters. The topological polar surface area (TPSA) is 70.5 Å². The first kappa shape index (κ1) is 16.5. The number of carbonyl (C=O) groups is 2. The van der Waals surface area contributed by atoms with E-state index in [-0.39, 0.29) is 22.6 Å². The first-order valence-corrected chi connectivity index (χ1v) is 7.92. The van der Waals surface area contributed by atoms with Crippen LogP contribution in [0.4, 0.5) is 5.69 Å². The zero-order chi connectivity index (χ0) is 17.6. The highest BCUT2D eigenvalue weighted by Gasteiger charge is 2.40. The van der Waals surface area contributed by atoms with E-state index < -0.39 is 5.97 Å². The van der Waals surface area contributed by atoms with Crippen LogP contribution in [0, 0.1) is 6.92 Å². The molecular formula is C18H17ClN2O3. The number of aromatic carboxylic acids is 1. The molecule has 1 aliphatic heterocycles. The van der Waals surface area contributed by atoms with Crippen LogP contribution >= 0.6 is 11.6 Å². The summed E-state index contributed by atoms with van der Waals surface area (Å²) in [7, 11) is 0. The van der Waals surface area contributed by atoms with Gasteiger partial charge in [-0.2, -0.15) is 0 Å². The van der Waals surface area contributed by atoms with Crippen LogP contribution in [0.25, 0.3) is 0 Å². The van der Waals surface area contributed by atoms with Crippen LogP contribution in [0.2, 0.25) is 5.02 Å². The van der Waals surface area contributed by atoms with E-state index in [1.807, 2.05) is 32.0 Å². The Morgan fingerprint density at radius 1 is 1.25 bits per heavy atom. The summed E-state index contributed by atoms with van der Waals surface area (Å²) in [4.78, 5) is 29.8. The van der Waals surface area contributed by atoms with E-state index in [9.17, 15) is 9.59 Å². The van der Waals surface area contributed by atoms with Gasteiger partial charge in [0.2, 0.25) is 0 Å². The average Bonchev–Trinajstić information content (AvgIpc) is 2.78. The standard InChI is InChI=1S/C18H17ClN2O3/c1-10-11(17(23)24)7-8-13(20-10)16(22)21-9-18(2,3)15-12(19)5-4-6-14(15)21/h4-8H,9H2,1-3H3,(H,23,24). The van der Waals surface area contributed by atoms with Crippen LogP contribution in [0.5, 0.6) is 0 Å². The van der Waals surface area contributed by atoms with Crippen molar-refractivity contribution in [1.29, 1.82) is 0 Å².